The van der Waals surface area contributed by atoms with E-state index in [2.05, 4.69) is 30.8 Å². The summed E-state index contributed by atoms with van der Waals surface area (Å²) in [5.41, 5.74) is 6.95. The number of hydrogen-bond acceptors (Lipinski definition) is 7. The Balaban J connectivity index is 1.61. The van der Waals surface area contributed by atoms with E-state index >= 15 is 0 Å². The van der Waals surface area contributed by atoms with Crippen LogP contribution in [0.1, 0.15) is 5.82 Å². The zero-order valence-corrected chi connectivity index (χ0v) is 14.7. The molecule has 0 bridgehead atoms. The third-order valence-corrected chi connectivity index (χ3v) is 4.23. The van der Waals surface area contributed by atoms with Crippen molar-refractivity contribution >= 4 is 29.2 Å². The van der Waals surface area contributed by atoms with E-state index in [1.54, 1.807) is 0 Å². The van der Waals surface area contributed by atoms with Gasteiger partial charge in [0.1, 0.15) is 5.82 Å². The Labute approximate surface area is 147 Å². The van der Waals surface area contributed by atoms with Crippen LogP contribution in [0.2, 0.25) is 5.02 Å². The lowest BCUT2D eigenvalue weighted by molar-refractivity contribution is 0.244. The van der Waals surface area contributed by atoms with E-state index in [0.29, 0.717) is 18.3 Å². The van der Waals surface area contributed by atoms with Crippen LogP contribution in [0.5, 0.6) is 0 Å². The maximum absolute atomic E-state index is 6.08. The summed E-state index contributed by atoms with van der Waals surface area (Å²) in [6.07, 6.45) is 0. The van der Waals surface area contributed by atoms with Crippen molar-refractivity contribution in [3.8, 4) is 0 Å². The lowest BCUT2D eigenvalue weighted by Crippen LogP contribution is -2.46. The number of rotatable bonds is 4. The molecule has 0 saturated carbocycles. The lowest BCUT2D eigenvalue weighted by Gasteiger charge is -2.35. The first kappa shape index (κ1) is 16.7. The normalized spacial score (nSPS) is 15.5. The summed E-state index contributed by atoms with van der Waals surface area (Å²) in [6.45, 7) is 4.45. The molecule has 1 aliphatic rings. The van der Waals surface area contributed by atoms with Gasteiger partial charge in [-0.25, -0.2) is 0 Å². The van der Waals surface area contributed by atoms with Gasteiger partial charge in [0.05, 0.1) is 6.54 Å². The maximum atomic E-state index is 6.08. The van der Waals surface area contributed by atoms with E-state index in [9.17, 15) is 0 Å². The molecule has 2 heterocycles. The maximum Gasteiger partial charge on any atom is 0.229 e. The molecule has 1 aromatic carbocycles. The van der Waals surface area contributed by atoms with Gasteiger partial charge in [-0.15, -0.1) is 0 Å². The molecule has 128 valence electrons. The molecule has 0 amide bonds. The Kier molecular flexibility index (Phi) is 5.01. The van der Waals surface area contributed by atoms with E-state index in [-0.39, 0.29) is 5.95 Å². The molecule has 0 radical (unpaired) electrons. The van der Waals surface area contributed by atoms with Crippen molar-refractivity contribution in [1.82, 2.24) is 19.9 Å². The first-order valence-electron chi connectivity index (χ1n) is 7.92. The molecule has 0 unspecified atom stereocenters. The zero-order valence-electron chi connectivity index (χ0n) is 14.0. The Bertz CT molecular complexity index is 699. The summed E-state index contributed by atoms with van der Waals surface area (Å²) in [6, 6.07) is 7.99. The van der Waals surface area contributed by atoms with Crippen molar-refractivity contribution in [2.45, 2.75) is 6.54 Å². The van der Waals surface area contributed by atoms with Crippen LogP contribution in [-0.4, -0.2) is 60.1 Å². The van der Waals surface area contributed by atoms with Crippen molar-refractivity contribution in [3.05, 3.63) is 35.1 Å². The molecule has 1 saturated heterocycles. The van der Waals surface area contributed by atoms with Crippen LogP contribution in [0.4, 0.5) is 17.6 Å². The van der Waals surface area contributed by atoms with Gasteiger partial charge < -0.3 is 15.5 Å². The zero-order chi connectivity index (χ0) is 17.1. The summed E-state index contributed by atoms with van der Waals surface area (Å²) >= 11 is 6.08. The Hall–Kier alpha value is -2.12. The van der Waals surface area contributed by atoms with Crippen LogP contribution < -0.4 is 15.5 Å². The number of benzene rings is 1. The quantitative estimate of drug-likeness (QED) is 0.898. The van der Waals surface area contributed by atoms with Gasteiger partial charge in [0.2, 0.25) is 11.9 Å². The highest BCUT2D eigenvalue weighted by Gasteiger charge is 2.19. The predicted molar refractivity (Wildman–Crippen MR) is 97.5 cm³/mol. The minimum absolute atomic E-state index is 0.265. The van der Waals surface area contributed by atoms with Gasteiger partial charge >= 0.3 is 0 Å². The summed E-state index contributed by atoms with van der Waals surface area (Å²) in [7, 11) is 3.78. The average molecular weight is 348 g/mol. The third kappa shape index (κ3) is 4.04. The molecular formula is C16H22ClN7. The number of nitrogens with zero attached hydrogens (tertiary/aromatic N) is 6. The number of halogens is 1. The fraction of sp³-hybridized carbons (Fsp3) is 0.438. The second kappa shape index (κ2) is 7.19. The van der Waals surface area contributed by atoms with E-state index in [1.807, 2.05) is 37.2 Å². The van der Waals surface area contributed by atoms with Gasteiger partial charge in [0.25, 0.3) is 0 Å². The van der Waals surface area contributed by atoms with Crippen LogP contribution in [0.15, 0.2) is 24.3 Å². The van der Waals surface area contributed by atoms with Gasteiger partial charge in [0.15, 0.2) is 0 Å². The highest BCUT2D eigenvalue weighted by molar-refractivity contribution is 6.30. The van der Waals surface area contributed by atoms with Gasteiger partial charge in [0, 0.05) is 51.0 Å². The van der Waals surface area contributed by atoms with Crippen molar-refractivity contribution in [3.63, 3.8) is 0 Å². The van der Waals surface area contributed by atoms with Gasteiger partial charge in [-0.3, -0.25) is 4.90 Å². The molecule has 2 aromatic rings. The Morgan fingerprint density at radius 1 is 1.12 bits per heavy atom. The molecule has 0 aliphatic carbocycles. The lowest BCUT2D eigenvalue weighted by atomic mass is 10.2. The first-order valence-corrected chi connectivity index (χ1v) is 8.29. The number of anilines is 3. The molecule has 24 heavy (non-hydrogen) atoms. The van der Waals surface area contributed by atoms with E-state index in [4.69, 9.17) is 17.3 Å². The number of aromatic nitrogens is 3. The molecule has 2 N–H and O–H groups in total. The Morgan fingerprint density at radius 3 is 2.54 bits per heavy atom. The van der Waals surface area contributed by atoms with Crippen molar-refractivity contribution < 1.29 is 0 Å². The molecule has 1 fully saturated rings. The molecule has 1 aromatic heterocycles. The van der Waals surface area contributed by atoms with Crippen LogP contribution in [0.3, 0.4) is 0 Å². The third-order valence-electron chi connectivity index (χ3n) is 4.00. The van der Waals surface area contributed by atoms with Crippen LogP contribution in [0.25, 0.3) is 0 Å². The molecule has 3 rings (SSSR count). The average Bonchev–Trinajstić information content (AvgIpc) is 2.55. The molecule has 8 heteroatoms. The van der Waals surface area contributed by atoms with Crippen molar-refractivity contribution in [2.75, 3.05) is 55.8 Å². The first-order chi connectivity index (χ1) is 11.5. The SMILES string of the molecule is CN(C)c1nc(N)nc(CN2CCN(c3cccc(Cl)c3)CC2)n1. The predicted octanol–water partition coefficient (Wildman–Crippen LogP) is 1.50. The fourth-order valence-corrected chi connectivity index (χ4v) is 2.92. The summed E-state index contributed by atoms with van der Waals surface area (Å²) in [4.78, 5) is 19.4. The standard InChI is InChI=1S/C16H22ClN7/c1-22(2)16-20-14(19-15(18)21-16)11-23-6-8-24(9-7-23)13-5-3-4-12(17)10-13/h3-5,10H,6-9,11H2,1-2H3,(H2,18,19,20,21). The van der Waals surface area contributed by atoms with Crippen LogP contribution in [-0.2, 0) is 6.54 Å². The molecule has 7 nitrogen and oxygen atoms in total. The second-order valence-electron chi connectivity index (χ2n) is 6.05. The number of nitrogen functional groups attached to an aromatic ring is 1. The van der Waals surface area contributed by atoms with Crippen molar-refractivity contribution in [2.24, 2.45) is 0 Å². The second-order valence-corrected chi connectivity index (χ2v) is 6.48. The van der Waals surface area contributed by atoms with E-state index < -0.39 is 0 Å². The Morgan fingerprint density at radius 2 is 1.88 bits per heavy atom. The minimum atomic E-state index is 0.265. The van der Waals surface area contributed by atoms with Crippen LogP contribution >= 0.6 is 11.6 Å². The number of hydrogen-bond donors (Lipinski definition) is 1. The molecule has 0 atom stereocenters. The van der Waals surface area contributed by atoms with Crippen molar-refractivity contribution in [1.29, 1.82) is 0 Å². The molecular weight excluding hydrogens is 326 g/mol. The van der Waals surface area contributed by atoms with Gasteiger partial charge in [-0.05, 0) is 18.2 Å². The highest BCUT2D eigenvalue weighted by Crippen LogP contribution is 2.21. The fourth-order valence-electron chi connectivity index (χ4n) is 2.73. The molecule has 0 spiro atoms. The van der Waals surface area contributed by atoms with Gasteiger partial charge in [-0.2, -0.15) is 15.0 Å². The van der Waals surface area contributed by atoms with Crippen LogP contribution in [0, 0.1) is 0 Å². The van der Waals surface area contributed by atoms with E-state index in [1.165, 1.54) is 5.69 Å². The summed E-state index contributed by atoms with van der Waals surface area (Å²) < 4.78 is 0. The summed E-state index contributed by atoms with van der Waals surface area (Å²) in [5, 5.41) is 0.770. The van der Waals surface area contributed by atoms with E-state index in [0.717, 1.165) is 31.2 Å². The molecule has 1 aliphatic heterocycles. The topological polar surface area (TPSA) is 74.4 Å². The largest absolute Gasteiger partial charge is 0.369 e. The highest BCUT2D eigenvalue weighted by atomic mass is 35.5. The number of nitrogens with two attached hydrogens (primary N) is 1. The van der Waals surface area contributed by atoms with Gasteiger partial charge in [-0.1, -0.05) is 17.7 Å². The minimum Gasteiger partial charge on any atom is -0.369 e. The monoisotopic (exact) mass is 347 g/mol. The summed E-state index contributed by atoms with van der Waals surface area (Å²) in [5.74, 6) is 1.57. The smallest absolute Gasteiger partial charge is 0.229 e. The number of piperazine rings is 1.